The molecule has 0 aliphatic rings. The van der Waals surface area contributed by atoms with Crippen LogP contribution in [0.25, 0.3) is 0 Å². The van der Waals surface area contributed by atoms with Crippen molar-refractivity contribution in [1.29, 1.82) is 0 Å². The average Bonchev–Trinajstić information content (AvgIpc) is 2.73. The van der Waals surface area contributed by atoms with Gasteiger partial charge in [-0.1, -0.05) is 0 Å². The summed E-state index contributed by atoms with van der Waals surface area (Å²) in [5.41, 5.74) is -1.22. The van der Waals surface area contributed by atoms with Crippen molar-refractivity contribution in [3.8, 4) is 0 Å². The molecule has 0 aliphatic heterocycles. The van der Waals surface area contributed by atoms with Crippen molar-refractivity contribution in [1.82, 2.24) is 25.4 Å². The molecule has 1 rings (SSSR count). The second kappa shape index (κ2) is 6.82. The molecule has 0 saturated carbocycles. The lowest BCUT2D eigenvalue weighted by Gasteiger charge is -2.17. The zero-order valence-corrected chi connectivity index (χ0v) is 12.2. The quantitative estimate of drug-likeness (QED) is 0.661. The molecule has 9 nitrogen and oxygen atoms in total. The smallest absolute Gasteiger partial charge is 0.321 e. The summed E-state index contributed by atoms with van der Waals surface area (Å²) in [5, 5.41) is 17.5. The first-order valence-electron chi connectivity index (χ1n) is 6.36. The predicted molar refractivity (Wildman–Crippen MR) is 72.3 cm³/mol. The fourth-order valence-corrected chi connectivity index (χ4v) is 1.48. The van der Waals surface area contributed by atoms with Gasteiger partial charge in [-0.2, -0.15) is 5.10 Å². The Morgan fingerprint density at radius 2 is 2.05 bits per heavy atom. The van der Waals surface area contributed by atoms with Gasteiger partial charge in [0.15, 0.2) is 5.82 Å². The number of imide groups is 1. The summed E-state index contributed by atoms with van der Waals surface area (Å²) < 4.78 is 1.55. The third-order valence-electron chi connectivity index (χ3n) is 2.72. The fraction of sp³-hybridized carbons (Fsp3) is 0.583. The Morgan fingerprint density at radius 3 is 2.57 bits per heavy atom. The summed E-state index contributed by atoms with van der Waals surface area (Å²) in [6.45, 7) is 3.10. The first kappa shape index (κ1) is 16.6. The molecule has 1 aromatic rings. The largest absolute Gasteiger partial charge is 0.481 e. The first-order chi connectivity index (χ1) is 9.70. The molecule has 0 fully saturated rings. The molecule has 9 heteroatoms. The monoisotopic (exact) mass is 297 g/mol. The molecule has 3 amide bonds. The molecule has 0 radical (unpaired) electrons. The van der Waals surface area contributed by atoms with Gasteiger partial charge in [-0.3, -0.25) is 19.6 Å². The van der Waals surface area contributed by atoms with Crippen LogP contribution in [-0.2, 0) is 23.1 Å². The molecule has 0 unspecified atom stereocenters. The van der Waals surface area contributed by atoms with E-state index in [-0.39, 0.29) is 13.0 Å². The van der Waals surface area contributed by atoms with Gasteiger partial charge >= 0.3 is 12.0 Å². The Balaban J connectivity index is 2.30. The Morgan fingerprint density at radius 1 is 1.38 bits per heavy atom. The van der Waals surface area contributed by atoms with Gasteiger partial charge in [0.2, 0.25) is 5.91 Å². The predicted octanol–water partition coefficient (Wildman–Crippen LogP) is -0.316. The van der Waals surface area contributed by atoms with Crippen LogP contribution in [0.3, 0.4) is 0 Å². The van der Waals surface area contributed by atoms with Gasteiger partial charge in [0.05, 0.1) is 5.41 Å². The number of nitrogens with one attached hydrogen (secondary N) is 2. The number of nitrogens with zero attached hydrogens (tertiary/aromatic N) is 3. The lowest BCUT2D eigenvalue weighted by molar-refractivity contribution is -0.149. The minimum atomic E-state index is -1.22. The van der Waals surface area contributed by atoms with Crippen LogP contribution in [0.5, 0.6) is 0 Å². The van der Waals surface area contributed by atoms with Crippen LogP contribution in [0.15, 0.2) is 6.33 Å². The molecule has 3 N–H and O–H groups in total. The molecule has 116 valence electrons. The average molecular weight is 297 g/mol. The second-order valence-electron chi connectivity index (χ2n) is 5.25. The van der Waals surface area contributed by atoms with Crippen molar-refractivity contribution in [3.63, 3.8) is 0 Å². The van der Waals surface area contributed by atoms with Crippen LogP contribution in [0.4, 0.5) is 4.79 Å². The SMILES string of the molecule is Cn1cnc(CCNC(=O)NC(=O)CC(C)(C)C(=O)O)n1. The highest BCUT2D eigenvalue weighted by Gasteiger charge is 2.30. The number of carboxylic acids is 1. The molecule has 0 saturated heterocycles. The van der Waals surface area contributed by atoms with Gasteiger partial charge in [0.1, 0.15) is 6.33 Å². The standard InChI is InChI=1S/C12H19N5O4/c1-12(2,10(19)20)6-9(18)15-11(21)13-5-4-8-14-7-17(3)16-8/h7H,4-6H2,1-3H3,(H,19,20)(H2,13,15,18,21). The van der Waals surface area contributed by atoms with Gasteiger partial charge < -0.3 is 10.4 Å². The number of hydrogen-bond acceptors (Lipinski definition) is 5. The zero-order chi connectivity index (χ0) is 16.0. The summed E-state index contributed by atoms with van der Waals surface area (Å²) in [6.07, 6.45) is 1.70. The number of rotatable bonds is 6. The van der Waals surface area contributed by atoms with E-state index < -0.39 is 23.3 Å². The first-order valence-corrected chi connectivity index (χ1v) is 6.36. The Hall–Kier alpha value is -2.45. The summed E-state index contributed by atoms with van der Waals surface area (Å²) in [4.78, 5) is 37.9. The van der Waals surface area contributed by atoms with Gasteiger partial charge in [0.25, 0.3) is 0 Å². The van der Waals surface area contributed by atoms with Gasteiger partial charge in [-0.15, -0.1) is 0 Å². The molecule has 1 aromatic heterocycles. The molecule has 0 atom stereocenters. The number of aryl methyl sites for hydroxylation is 1. The van der Waals surface area contributed by atoms with Crippen molar-refractivity contribution >= 4 is 17.9 Å². The van der Waals surface area contributed by atoms with E-state index in [1.54, 1.807) is 18.1 Å². The molecular formula is C12H19N5O4. The maximum atomic E-state index is 11.5. The third-order valence-corrected chi connectivity index (χ3v) is 2.72. The van der Waals surface area contributed by atoms with Crippen LogP contribution in [0.1, 0.15) is 26.1 Å². The second-order valence-corrected chi connectivity index (χ2v) is 5.25. The highest BCUT2D eigenvalue weighted by atomic mass is 16.4. The van der Waals surface area contributed by atoms with Crippen LogP contribution >= 0.6 is 0 Å². The zero-order valence-electron chi connectivity index (χ0n) is 12.2. The van der Waals surface area contributed by atoms with E-state index in [2.05, 4.69) is 20.7 Å². The topological polar surface area (TPSA) is 126 Å². The Bertz CT molecular complexity index is 538. The molecule has 0 spiro atoms. The van der Waals surface area contributed by atoms with Gasteiger partial charge in [-0.05, 0) is 13.8 Å². The number of urea groups is 1. The van der Waals surface area contributed by atoms with Crippen molar-refractivity contribution in [3.05, 3.63) is 12.2 Å². The fourth-order valence-electron chi connectivity index (χ4n) is 1.48. The van der Waals surface area contributed by atoms with Crippen molar-refractivity contribution in [2.75, 3.05) is 6.54 Å². The summed E-state index contributed by atoms with van der Waals surface area (Å²) in [7, 11) is 1.74. The Labute approximate surface area is 121 Å². The van der Waals surface area contributed by atoms with Crippen LogP contribution < -0.4 is 10.6 Å². The minimum absolute atomic E-state index is 0.269. The number of aliphatic carboxylic acids is 1. The lowest BCUT2D eigenvalue weighted by atomic mass is 9.89. The molecule has 0 aromatic carbocycles. The number of carbonyl (C=O) groups is 3. The Kier molecular flexibility index (Phi) is 5.39. The molecule has 1 heterocycles. The van der Waals surface area contributed by atoms with Crippen molar-refractivity contribution in [2.24, 2.45) is 12.5 Å². The molecule has 21 heavy (non-hydrogen) atoms. The van der Waals surface area contributed by atoms with E-state index in [9.17, 15) is 14.4 Å². The maximum Gasteiger partial charge on any atom is 0.321 e. The van der Waals surface area contributed by atoms with E-state index in [1.807, 2.05) is 0 Å². The summed E-state index contributed by atoms with van der Waals surface area (Å²) in [6, 6.07) is -0.669. The van der Waals surface area contributed by atoms with E-state index in [0.29, 0.717) is 12.2 Å². The lowest BCUT2D eigenvalue weighted by Crippen LogP contribution is -2.42. The third kappa shape index (κ3) is 5.59. The molecular weight excluding hydrogens is 278 g/mol. The number of carboxylic acid groups (broad SMARTS) is 1. The number of hydrogen-bond donors (Lipinski definition) is 3. The van der Waals surface area contributed by atoms with E-state index in [4.69, 9.17) is 5.11 Å². The van der Waals surface area contributed by atoms with Crippen LogP contribution in [0, 0.1) is 5.41 Å². The van der Waals surface area contributed by atoms with Crippen LogP contribution in [0.2, 0.25) is 0 Å². The minimum Gasteiger partial charge on any atom is -0.481 e. The summed E-state index contributed by atoms with van der Waals surface area (Å²) >= 11 is 0. The van der Waals surface area contributed by atoms with E-state index >= 15 is 0 Å². The van der Waals surface area contributed by atoms with E-state index in [1.165, 1.54) is 13.8 Å². The van der Waals surface area contributed by atoms with Gasteiger partial charge in [-0.25, -0.2) is 9.78 Å². The van der Waals surface area contributed by atoms with Crippen LogP contribution in [-0.4, -0.2) is 44.3 Å². The summed E-state index contributed by atoms with van der Waals surface area (Å²) in [5.74, 6) is -1.16. The van der Waals surface area contributed by atoms with Gasteiger partial charge in [0, 0.05) is 26.4 Å². The number of amides is 3. The molecule has 0 aliphatic carbocycles. The van der Waals surface area contributed by atoms with Crippen molar-refractivity contribution < 1.29 is 19.5 Å². The number of carbonyl (C=O) groups excluding carboxylic acids is 2. The molecule has 0 bridgehead atoms. The highest BCUT2D eigenvalue weighted by Crippen LogP contribution is 2.19. The number of aromatic nitrogens is 3. The van der Waals surface area contributed by atoms with E-state index in [0.717, 1.165) is 0 Å². The highest BCUT2D eigenvalue weighted by molar-refractivity contribution is 5.96. The van der Waals surface area contributed by atoms with Crippen molar-refractivity contribution in [2.45, 2.75) is 26.7 Å². The maximum absolute atomic E-state index is 11.5. The normalized spacial score (nSPS) is 11.0.